The largest absolute Gasteiger partial charge is 0.465 e. The molecule has 3 aromatic rings. The maximum Gasteiger partial charge on any atom is 0.299 e. The van der Waals surface area contributed by atoms with Gasteiger partial charge in [-0.15, -0.1) is 0 Å². The molecule has 0 aliphatic heterocycles. The zero-order valence-electron chi connectivity index (χ0n) is 12.1. The quantitative estimate of drug-likeness (QED) is 0.721. The normalized spacial score (nSPS) is 11.0. The molecule has 0 fully saturated rings. The average molecular weight is 285 g/mol. The van der Waals surface area contributed by atoms with E-state index in [1.165, 1.54) is 4.57 Å². The lowest BCUT2D eigenvalue weighted by atomic mass is 10.2. The molecule has 0 N–H and O–H groups in total. The highest BCUT2D eigenvalue weighted by molar-refractivity contribution is 5.89. The Bertz CT molecular complexity index is 851. The first-order chi connectivity index (χ1) is 10.1. The smallest absolute Gasteiger partial charge is 0.299 e. The molecule has 0 saturated carbocycles. The second-order valence-electron chi connectivity index (χ2n) is 4.60. The molecule has 0 aromatic carbocycles. The van der Waals surface area contributed by atoms with Gasteiger partial charge in [0.15, 0.2) is 5.52 Å². The third-order valence-electron chi connectivity index (χ3n) is 3.23. The Hall–Kier alpha value is -2.70. The summed E-state index contributed by atoms with van der Waals surface area (Å²) >= 11 is 0. The molecule has 3 aromatic heterocycles. The summed E-state index contributed by atoms with van der Waals surface area (Å²) in [4.78, 5) is 20.9. The molecule has 0 aliphatic carbocycles. The highest BCUT2D eigenvalue weighted by atomic mass is 16.5. The molecular weight excluding hydrogens is 270 g/mol. The minimum absolute atomic E-state index is 0.228. The van der Waals surface area contributed by atoms with Crippen LogP contribution in [-0.4, -0.2) is 30.9 Å². The van der Waals surface area contributed by atoms with Gasteiger partial charge in [-0.1, -0.05) is 0 Å². The van der Waals surface area contributed by atoms with Gasteiger partial charge in [0.05, 0.1) is 12.3 Å². The fourth-order valence-electron chi connectivity index (χ4n) is 2.26. The van der Waals surface area contributed by atoms with Crippen molar-refractivity contribution >= 4 is 11.0 Å². The van der Waals surface area contributed by atoms with Crippen LogP contribution in [0.5, 0.6) is 6.01 Å². The Labute approximate surface area is 120 Å². The monoisotopic (exact) mass is 285 g/mol. The van der Waals surface area contributed by atoms with E-state index in [2.05, 4.69) is 15.1 Å². The van der Waals surface area contributed by atoms with Crippen LogP contribution in [0, 0.1) is 0 Å². The van der Waals surface area contributed by atoms with E-state index < -0.39 is 0 Å². The zero-order valence-corrected chi connectivity index (χ0v) is 12.1. The number of rotatable bonds is 3. The van der Waals surface area contributed by atoms with Crippen molar-refractivity contribution in [2.45, 2.75) is 6.92 Å². The van der Waals surface area contributed by atoms with Gasteiger partial charge < -0.3 is 4.74 Å². The lowest BCUT2D eigenvalue weighted by Gasteiger charge is -2.07. The maximum atomic E-state index is 12.4. The number of fused-ring (bicyclic) bond motifs is 1. The summed E-state index contributed by atoms with van der Waals surface area (Å²) in [6.45, 7) is 2.29. The van der Waals surface area contributed by atoms with Gasteiger partial charge in [-0.05, 0) is 19.1 Å². The summed E-state index contributed by atoms with van der Waals surface area (Å²) in [6, 6.07) is 4.02. The fourth-order valence-corrected chi connectivity index (χ4v) is 2.26. The Morgan fingerprint density at radius 3 is 2.76 bits per heavy atom. The topological polar surface area (TPSA) is 74.8 Å². The molecule has 0 amide bonds. The van der Waals surface area contributed by atoms with Crippen LogP contribution in [0.15, 0.2) is 29.3 Å². The molecule has 0 radical (unpaired) electrons. The van der Waals surface area contributed by atoms with Crippen molar-refractivity contribution in [3.63, 3.8) is 0 Å². The summed E-state index contributed by atoms with van der Waals surface area (Å²) in [6.07, 6.45) is 3.41. The van der Waals surface area contributed by atoms with Gasteiger partial charge >= 0.3 is 0 Å². The lowest BCUT2D eigenvalue weighted by molar-refractivity contribution is 0.297. The number of ether oxygens (including phenoxy) is 1. The number of nitrogens with zero attached hydrogens (tertiary/aromatic N) is 5. The standard InChI is InChI=1S/C14H15N5O2/c1-4-21-14-16-10-11(13(20)18(14)2)17-19(3)12(10)9-6-5-7-15-8-9/h5-8H,4H2,1-3H3. The minimum Gasteiger partial charge on any atom is -0.465 e. The van der Waals surface area contributed by atoms with E-state index in [0.29, 0.717) is 17.6 Å². The molecule has 3 heterocycles. The molecule has 108 valence electrons. The molecular formula is C14H15N5O2. The van der Waals surface area contributed by atoms with Gasteiger partial charge in [-0.2, -0.15) is 10.1 Å². The second kappa shape index (κ2) is 5.01. The zero-order chi connectivity index (χ0) is 15.0. The van der Waals surface area contributed by atoms with Gasteiger partial charge in [0, 0.05) is 32.1 Å². The van der Waals surface area contributed by atoms with E-state index in [9.17, 15) is 4.79 Å². The number of pyridine rings is 1. The predicted molar refractivity (Wildman–Crippen MR) is 78.2 cm³/mol. The van der Waals surface area contributed by atoms with Crippen molar-refractivity contribution < 1.29 is 4.74 Å². The number of hydrogen-bond donors (Lipinski definition) is 0. The molecule has 0 saturated heterocycles. The van der Waals surface area contributed by atoms with Crippen LogP contribution >= 0.6 is 0 Å². The minimum atomic E-state index is -0.228. The van der Waals surface area contributed by atoms with Gasteiger partial charge in [0.2, 0.25) is 0 Å². The molecule has 0 aliphatic rings. The van der Waals surface area contributed by atoms with Crippen LogP contribution < -0.4 is 10.3 Å². The van der Waals surface area contributed by atoms with E-state index in [1.54, 1.807) is 31.2 Å². The van der Waals surface area contributed by atoms with Gasteiger partial charge in [0.25, 0.3) is 11.6 Å². The fraction of sp³-hybridized carbons (Fsp3) is 0.286. The summed E-state index contributed by atoms with van der Waals surface area (Å²) in [7, 11) is 3.40. The molecule has 0 atom stereocenters. The highest BCUT2D eigenvalue weighted by Crippen LogP contribution is 2.25. The van der Waals surface area contributed by atoms with Crippen LogP contribution in [0.2, 0.25) is 0 Å². The van der Waals surface area contributed by atoms with Gasteiger partial charge in [0.1, 0.15) is 5.52 Å². The van der Waals surface area contributed by atoms with Crippen LogP contribution in [0.4, 0.5) is 0 Å². The Kier molecular flexibility index (Phi) is 3.17. The first kappa shape index (κ1) is 13.3. The van der Waals surface area contributed by atoms with Crippen LogP contribution in [0.3, 0.4) is 0 Å². The van der Waals surface area contributed by atoms with Crippen molar-refractivity contribution in [1.29, 1.82) is 0 Å². The molecule has 3 rings (SSSR count). The first-order valence-corrected chi connectivity index (χ1v) is 6.60. The summed E-state index contributed by atoms with van der Waals surface area (Å²) in [5.41, 5.74) is 2.22. The Morgan fingerprint density at radius 1 is 1.29 bits per heavy atom. The molecule has 21 heavy (non-hydrogen) atoms. The maximum absolute atomic E-state index is 12.4. The molecule has 7 nitrogen and oxygen atoms in total. The number of aromatic nitrogens is 5. The van der Waals surface area contributed by atoms with Crippen molar-refractivity contribution in [3.05, 3.63) is 34.9 Å². The highest BCUT2D eigenvalue weighted by Gasteiger charge is 2.18. The molecule has 0 unspecified atom stereocenters. The average Bonchev–Trinajstić information content (AvgIpc) is 2.82. The number of aryl methyl sites for hydroxylation is 1. The summed E-state index contributed by atoms with van der Waals surface area (Å²) < 4.78 is 8.44. The van der Waals surface area contributed by atoms with Crippen molar-refractivity contribution in [3.8, 4) is 17.3 Å². The van der Waals surface area contributed by atoms with E-state index in [0.717, 1.165) is 11.3 Å². The van der Waals surface area contributed by atoms with Crippen molar-refractivity contribution in [2.24, 2.45) is 14.1 Å². The molecule has 0 spiro atoms. The van der Waals surface area contributed by atoms with E-state index in [1.807, 2.05) is 19.1 Å². The van der Waals surface area contributed by atoms with Crippen LogP contribution in [0.25, 0.3) is 22.3 Å². The molecule has 7 heteroatoms. The SMILES string of the molecule is CCOc1nc2c(-c3cccnc3)n(C)nc2c(=O)n1C. The third kappa shape index (κ3) is 2.06. The van der Waals surface area contributed by atoms with E-state index in [-0.39, 0.29) is 11.6 Å². The molecule has 0 bridgehead atoms. The van der Waals surface area contributed by atoms with E-state index in [4.69, 9.17) is 4.74 Å². The summed E-state index contributed by atoms with van der Waals surface area (Å²) in [5.74, 6) is 0. The second-order valence-corrected chi connectivity index (χ2v) is 4.60. The van der Waals surface area contributed by atoms with Crippen molar-refractivity contribution in [1.82, 2.24) is 24.3 Å². The number of hydrogen-bond acceptors (Lipinski definition) is 5. The Balaban J connectivity index is 2.36. The Morgan fingerprint density at radius 2 is 2.10 bits per heavy atom. The lowest BCUT2D eigenvalue weighted by Crippen LogP contribution is -2.20. The van der Waals surface area contributed by atoms with Gasteiger partial charge in [-0.25, -0.2) is 0 Å². The van der Waals surface area contributed by atoms with Crippen LogP contribution in [0.1, 0.15) is 6.92 Å². The van der Waals surface area contributed by atoms with E-state index >= 15 is 0 Å². The van der Waals surface area contributed by atoms with Crippen molar-refractivity contribution in [2.75, 3.05) is 6.61 Å². The predicted octanol–water partition coefficient (Wildman–Crippen LogP) is 1.13. The van der Waals surface area contributed by atoms with Crippen LogP contribution in [-0.2, 0) is 14.1 Å². The first-order valence-electron chi connectivity index (χ1n) is 6.60. The summed E-state index contributed by atoms with van der Waals surface area (Å²) in [5, 5.41) is 4.29. The third-order valence-corrected chi connectivity index (χ3v) is 3.23. The van der Waals surface area contributed by atoms with Gasteiger partial charge in [-0.3, -0.25) is 19.0 Å².